The summed E-state index contributed by atoms with van der Waals surface area (Å²) in [4.78, 5) is 14.5. The van der Waals surface area contributed by atoms with Crippen molar-refractivity contribution in [3.63, 3.8) is 0 Å². The van der Waals surface area contributed by atoms with Crippen molar-refractivity contribution < 1.29 is 0 Å². The van der Waals surface area contributed by atoms with Gasteiger partial charge in [-0.15, -0.1) is 0 Å². The first-order chi connectivity index (χ1) is 14.7. The van der Waals surface area contributed by atoms with Crippen LogP contribution in [0, 0.1) is 0 Å². The molecule has 0 saturated carbocycles. The van der Waals surface area contributed by atoms with Gasteiger partial charge in [0, 0.05) is 37.0 Å². The van der Waals surface area contributed by atoms with Gasteiger partial charge in [0.15, 0.2) is 5.65 Å². The molecule has 30 heavy (non-hydrogen) atoms. The molecular formula is C24H36N6. The summed E-state index contributed by atoms with van der Waals surface area (Å²) in [6.07, 6.45) is 0. The molecule has 0 fully saturated rings. The highest BCUT2D eigenvalue weighted by Crippen LogP contribution is 2.30. The number of nitrogens with one attached hydrogen (secondary N) is 2. The molecule has 0 radical (unpaired) electrons. The minimum Gasteiger partial charge on any atom is -0.383 e. The van der Waals surface area contributed by atoms with E-state index < -0.39 is 0 Å². The number of aromatic nitrogens is 2. The largest absolute Gasteiger partial charge is 0.383 e. The molecule has 0 bridgehead atoms. The molecule has 162 valence electrons. The van der Waals surface area contributed by atoms with Crippen LogP contribution in [-0.4, -0.2) is 72.1 Å². The number of hydrogen-bond donors (Lipinski definition) is 2. The Balaban J connectivity index is 1.84. The molecule has 2 heterocycles. The Morgan fingerprint density at radius 2 is 1.33 bits per heavy atom. The second-order valence-corrected chi connectivity index (χ2v) is 7.48. The zero-order chi connectivity index (χ0) is 21.3. The van der Waals surface area contributed by atoms with Crippen LogP contribution < -0.4 is 10.6 Å². The highest BCUT2D eigenvalue weighted by atomic mass is 15.1. The van der Waals surface area contributed by atoms with Gasteiger partial charge >= 0.3 is 0 Å². The summed E-state index contributed by atoms with van der Waals surface area (Å²) >= 11 is 0. The fraction of sp³-hybridized carbons (Fsp3) is 0.500. The fourth-order valence-corrected chi connectivity index (χ4v) is 3.82. The van der Waals surface area contributed by atoms with Crippen LogP contribution >= 0.6 is 0 Å². The Morgan fingerprint density at radius 3 is 2.00 bits per heavy atom. The predicted octanol–water partition coefficient (Wildman–Crippen LogP) is 4.29. The molecule has 6 nitrogen and oxygen atoms in total. The normalized spacial score (nSPS) is 11.7. The van der Waals surface area contributed by atoms with Crippen LogP contribution in [0.25, 0.3) is 21.9 Å². The number of anilines is 2. The molecule has 0 aliphatic carbocycles. The monoisotopic (exact) mass is 408 g/mol. The number of para-hydroxylation sites is 1. The molecule has 2 N–H and O–H groups in total. The highest BCUT2D eigenvalue weighted by Gasteiger charge is 2.11. The van der Waals surface area contributed by atoms with Gasteiger partial charge in [0.25, 0.3) is 0 Å². The zero-order valence-electron chi connectivity index (χ0n) is 18.9. The van der Waals surface area contributed by atoms with Gasteiger partial charge in [-0.1, -0.05) is 45.9 Å². The van der Waals surface area contributed by atoms with Crippen LogP contribution in [0.15, 0.2) is 36.4 Å². The molecule has 3 rings (SSSR count). The number of benzene rings is 1. The molecule has 0 spiro atoms. The average molecular weight is 409 g/mol. The Bertz CT molecular complexity index is 934. The van der Waals surface area contributed by atoms with E-state index in [1.165, 1.54) is 0 Å². The summed E-state index contributed by atoms with van der Waals surface area (Å²) in [5.41, 5.74) is 2.89. The summed E-state index contributed by atoms with van der Waals surface area (Å²) < 4.78 is 0. The first-order valence-corrected chi connectivity index (χ1v) is 11.3. The smallest absolute Gasteiger partial charge is 0.164 e. The second kappa shape index (κ2) is 11.1. The van der Waals surface area contributed by atoms with E-state index in [9.17, 15) is 0 Å². The second-order valence-electron chi connectivity index (χ2n) is 7.48. The van der Waals surface area contributed by atoms with E-state index in [0.717, 1.165) is 85.8 Å². The topological polar surface area (TPSA) is 56.3 Å². The summed E-state index contributed by atoms with van der Waals surface area (Å²) in [6, 6.07) is 12.5. The Kier molecular flexibility index (Phi) is 8.22. The van der Waals surface area contributed by atoms with Crippen molar-refractivity contribution in [1.29, 1.82) is 0 Å². The van der Waals surface area contributed by atoms with Gasteiger partial charge in [-0.3, -0.25) is 0 Å². The first kappa shape index (κ1) is 22.2. The molecule has 0 unspecified atom stereocenters. The third-order valence-corrected chi connectivity index (χ3v) is 5.80. The number of hydrogen-bond acceptors (Lipinski definition) is 6. The summed E-state index contributed by atoms with van der Waals surface area (Å²) in [5.74, 6) is 0.881. The lowest BCUT2D eigenvalue weighted by Crippen LogP contribution is -2.28. The van der Waals surface area contributed by atoms with Gasteiger partial charge in [-0.05, 0) is 44.4 Å². The molecule has 1 aromatic carbocycles. The van der Waals surface area contributed by atoms with Crippen LogP contribution in [0.3, 0.4) is 0 Å². The van der Waals surface area contributed by atoms with Crippen LogP contribution in [-0.2, 0) is 0 Å². The minimum absolute atomic E-state index is 0.784. The summed E-state index contributed by atoms with van der Waals surface area (Å²) in [6.45, 7) is 16.9. The molecule has 6 heteroatoms. The first-order valence-electron chi connectivity index (χ1n) is 11.3. The third-order valence-electron chi connectivity index (χ3n) is 5.80. The standard InChI is InChI=1S/C24H36N6/c1-5-29(6-2)17-15-25-22-14-13-20-23(26-16-18-30(7-3)8-4)19-11-9-10-12-21(19)27-24(20)28-22/h9-14H,5-8,15-18H2,1-4H3,(H2,25,26,27,28). The lowest BCUT2D eigenvalue weighted by atomic mass is 10.1. The van der Waals surface area contributed by atoms with Crippen LogP contribution in [0.1, 0.15) is 27.7 Å². The van der Waals surface area contributed by atoms with E-state index in [-0.39, 0.29) is 0 Å². The van der Waals surface area contributed by atoms with Crippen molar-refractivity contribution in [2.45, 2.75) is 27.7 Å². The number of fused-ring (bicyclic) bond motifs is 2. The van der Waals surface area contributed by atoms with Gasteiger partial charge in [-0.2, -0.15) is 0 Å². The quantitative estimate of drug-likeness (QED) is 0.436. The third kappa shape index (κ3) is 5.37. The van der Waals surface area contributed by atoms with E-state index in [1.54, 1.807) is 0 Å². The summed E-state index contributed by atoms with van der Waals surface area (Å²) in [5, 5.41) is 9.35. The maximum atomic E-state index is 4.84. The fourth-order valence-electron chi connectivity index (χ4n) is 3.82. The van der Waals surface area contributed by atoms with Gasteiger partial charge in [0.1, 0.15) is 5.82 Å². The lowest BCUT2D eigenvalue weighted by molar-refractivity contribution is 0.316. The van der Waals surface area contributed by atoms with E-state index in [2.05, 4.69) is 78.5 Å². The molecule has 0 saturated heterocycles. The minimum atomic E-state index is 0.784. The molecule has 0 amide bonds. The molecular weight excluding hydrogens is 372 g/mol. The Labute approximate surface area is 180 Å². The number of likely N-dealkylation sites (N-methyl/N-ethyl adjacent to an activating group) is 2. The van der Waals surface area contributed by atoms with Crippen molar-refractivity contribution >= 4 is 33.4 Å². The van der Waals surface area contributed by atoms with Crippen LogP contribution in [0.5, 0.6) is 0 Å². The van der Waals surface area contributed by atoms with Crippen molar-refractivity contribution in [3.8, 4) is 0 Å². The van der Waals surface area contributed by atoms with E-state index >= 15 is 0 Å². The number of pyridine rings is 2. The highest BCUT2D eigenvalue weighted by molar-refractivity contribution is 6.06. The zero-order valence-corrected chi connectivity index (χ0v) is 18.9. The van der Waals surface area contributed by atoms with E-state index in [0.29, 0.717) is 0 Å². The van der Waals surface area contributed by atoms with Crippen LogP contribution in [0.4, 0.5) is 11.5 Å². The Hall–Kier alpha value is -2.44. The Morgan fingerprint density at radius 1 is 0.700 bits per heavy atom. The SMILES string of the molecule is CCN(CC)CCNc1ccc2c(NCCN(CC)CC)c3ccccc3nc2n1. The maximum Gasteiger partial charge on any atom is 0.164 e. The van der Waals surface area contributed by atoms with Crippen molar-refractivity contribution in [2.24, 2.45) is 0 Å². The van der Waals surface area contributed by atoms with Crippen LogP contribution in [0.2, 0.25) is 0 Å². The molecule has 0 atom stereocenters. The van der Waals surface area contributed by atoms with Crippen molar-refractivity contribution in [1.82, 2.24) is 19.8 Å². The maximum absolute atomic E-state index is 4.84. The van der Waals surface area contributed by atoms with Gasteiger partial charge < -0.3 is 20.4 Å². The molecule has 2 aromatic heterocycles. The predicted molar refractivity (Wildman–Crippen MR) is 130 cm³/mol. The van der Waals surface area contributed by atoms with E-state index in [4.69, 9.17) is 9.97 Å². The van der Waals surface area contributed by atoms with Crippen molar-refractivity contribution in [2.75, 3.05) is 63.0 Å². The average Bonchev–Trinajstić information content (AvgIpc) is 2.79. The van der Waals surface area contributed by atoms with Gasteiger partial charge in [0.05, 0.1) is 11.2 Å². The van der Waals surface area contributed by atoms with Gasteiger partial charge in [0.2, 0.25) is 0 Å². The number of nitrogens with zero attached hydrogens (tertiary/aromatic N) is 4. The van der Waals surface area contributed by atoms with Crippen molar-refractivity contribution in [3.05, 3.63) is 36.4 Å². The summed E-state index contributed by atoms with van der Waals surface area (Å²) in [7, 11) is 0. The number of rotatable bonds is 12. The lowest BCUT2D eigenvalue weighted by Gasteiger charge is -2.20. The van der Waals surface area contributed by atoms with E-state index in [1.807, 2.05) is 6.07 Å². The molecule has 0 aliphatic rings. The molecule has 0 aliphatic heterocycles. The molecule has 3 aromatic rings. The van der Waals surface area contributed by atoms with Gasteiger partial charge in [-0.25, -0.2) is 9.97 Å².